The van der Waals surface area contributed by atoms with E-state index < -0.39 is 7.41 Å². The van der Waals surface area contributed by atoms with Gasteiger partial charge >= 0.3 is 51.5 Å². The molecule has 0 bridgehead atoms. The fourth-order valence-electron chi connectivity index (χ4n) is 0.744. The van der Waals surface area contributed by atoms with Gasteiger partial charge < -0.3 is 0 Å². The first-order valence-corrected chi connectivity index (χ1v) is 6.02. The van der Waals surface area contributed by atoms with E-state index in [2.05, 4.69) is 33.0 Å². The van der Waals surface area contributed by atoms with E-state index >= 15 is 0 Å². The molecule has 0 aliphatic rings. The number of hydrogen-bond acceptors (Lipinski definition) is 1. The predicted molar refractivity (Wildman–Crippen MR) is 43.8 cm³/mol. The Morgan fingerprint density at radius 3 is 1.75 bits per heavy atom. The van der Waals surface area contributed by atoms with Crippen LogP contribution in [0.1, 0.15) is 13.8 Å². The third-order valence-electron chi connectivity index (χ3n) is 0.661. The number of rotatable bonds is 1. The van der Waals surface area contributed by atoms with Gasteiger partial charge in [0, 0.05) is 0 Å². The molecule has 0 aliphatic carbocycles. The van der Waals surface area contributed by atoms with Gasteiger partial charge in [0.1, 0.15) is 0 Å². The van der Waals surface area contributed by atoms with Gasteiger partial charge in [-0.25, -0.2) is 0 Å². The molecule has 0 unspecified atom stereocenters. The van der Waals surface area contributed by atoms with Crippen molar-refractivity contribution in [2.24, 2.45) is 5.50 Å². The Hall–Kier alpha value is 0.130. The summed E-state index contributed by atoms with van der Waals surface area (Å²) in [7, 11) is -1.38. The molecule has 1 nitrogen and oxygen atoms in total. The summed E-state index contributed by atoms with van der Waals surface area (Å²) in [5, 5.41) is 0. The van der Waals surface area contributed by atoms with Crippen LogP contribution in [-0.4, -0.2) is 13.3 Å². The van der Waals surface area contributed by atoms with Crippen LogP contribution in [-0.2, 0) is 0 Å². The van der Waals surface area contributed by atoms with Crippen LogP contribution in [0, 0.1) is 0 Å². The van der Waals surface area contributed by atoms with Crippen molar-refractivity contribution in [1.82, 2.24) is 0 Å². The minimum absolute atomic E-state index is 1.34. The van der Waals surface area contributed by atoms with Crippen molar-refractivity contribution >= 4 is 7.41 Å². The van der Waals surface area contributed by atoms with Crippen LogP contribution in [0.25, 0.3) is 0 Å². The first-order valence-electron chi connectivity index (χ1n) is 2.87. The van der Waals surface area contributed by atoms with Gasteiger partial charge in [-0.1, -0.05) is 0 Å². The van der Waals surface area contributed by atoms with Crippen LogP contribution < -0.4 is 5.50 Å². The minimum atomic E-state index is -1.38. The number of nitrogens with two attached hydrogens (primary N) is 1. The van der Waals surface area contributed by atoms with E-state index in [1.54, 1.807) is 0 Å². The summed E-state index contributed by atoms with van der Waals surface area (Å²) < 4.78 is 0. The third kappa shape index (κ3) is 6.13. The van der Waals surface area contributed by atoms with Gasteiger partial charge in [0.05, 0.1) is 0 Å². The molecule has 0 rings (SSSR count). The van der Waals surface area contributed by atoms with E-state index in [9.17, 15) is 0 Å². The molecule has 0 saturated heterocycles. The van der Waals surface area contributed by atoms with Crippen molar-refractivity contribution < 1.29 is 0 Å². The Kier molecular flexibility index (Phi) is 2.65. The summed E-state index contributed by atoms with van der Waals surface area (Å²) in [6, 6.07) is 0. The molecule has 0 atom stereocenters. The topological polar surface area (TPSA) is 26.0 Å². The average Bonchev–Trinajstić information content (AvgIpc) is 1.21. The van der Waals surface area contributed by atoms with E-state index in [1.165, 1.54) is 5.57 Å². The molecule has 0 amide bonds. The molecule has 0 heterocycles. The molecule has 0 spiro atoms. The van der Waals surface area contributed by atoms with E-state index in [0.717, 1.165) is 0 Å². The Morgan fingerprint density at radius 1 is 1.38 bits per heavy atom. The summed E-state index contributed by atoms with van der Waals surface area (Å²) in [6.07, 6.45) is 0. The van der Waals surface area contributed by atoms with E-state index in [4.69, 9.17) is 5.50 Å². The fraction of sp³-hybridized carbons (Fsp3) is 0.667. The summed E-state index contributed by atoms with van der Waals surface area (Å²) in [4.78, 5) is 0. The average molecular weight is 133 g/mol. The van der Waals surface area contributed by atoms with Crippen molar-refractivity contribution in [3.8, 4) is 0 Å². The zero-order chi connectivity index (χ0) is 6.78. The molecule has 0 aromatic heterocycles. The van der Waals surface area contributed by atoms with Crippen LogP contribution in [0.2, 0.25) is 0 Å². The molecule has 0 radical (unpaired) electrons. The maximum absolute atomic E-state index is 5.80. The van der Waals surface area contributed by atoms with Gasteiger partial charge in [-0.2, -0.15) is 0 Å². The van der Waals surface area contributed by atoms with E-state index in [1.807, 2.05) is 0 Å². The van der Waals surface area contributed by atoms with E-state index in [-0.39, 0.29) is 0 Å². The quantitative estimate of drug-likeness (QED) is 0.542. The molecule has 0 aliphatic heterocycles. The van der Waals surface area contributed by atoms with Crippen molar-refractivity contribution in [3.05, 3.63) is 11.4 Å². The molecular weight excluding hydrogens is 117 g/mol. The Morgan fingerprint density at radius 2 is 1.75 bits per heavy atom. The second-order valence-corrected chi connectivity index (χ2v) is 6.97. The molecule has 0 saturated carbocycles. The normalized spacial score (nSPS) is 13.1. The van der Waals surface area contributed by atoms with Crippen molar-refractivity contribution in [1.29, 1.82) is 0 Å². The number of allylic oxidation sites excluding steroid dienone is 1. The Balaban J connectivity index is 3.89. The van der Waals surface area contributed by atoms with E-state index in [0.29, 0.717) is 0 Å². The van der Waals surface area contributed by atoms with Gasteiger partial charge in [0.2, 0.25) is 0 Å². The fourth-order valence-corrected chi connectivity index (χ4v) is 2.23. The second-order valence-electron chi connectivity index (χ2n) is 3.04. The number of hydrogen-bond donors (Lipinski definition) is 1. The monoisotopic (exact) mass is 133 g/mol. The van der Waals surface area contributed by atoms with Crippen LogP contribution in [0.15, 0.2) is 11.4 Å². The maximum atomic E-state index is 5.80. The van der Waals surface area contributed by atoms with Crippen molar-refractivity contribution in [3.63, 3.8) is 0 Å². The van der Waals surface area contributed by atoms with Crippen LogP contribution in [0.3, 0.4) is 0 Å². The summed E-state index contributed by atoms with van der Waals surface area (Å²) in [5.41, 5.74) is 7.14. The zero-order valence-corrected chi connectivity index (χ0v) is 7.15. The summed E-state index contributed by atoms with van der Waals surface area (Å²) >= 11 is 0. The Bertz CT molecular complexity index is 95.6. The SMILES string of the molecule is CC(C)=C[PH](C)(C)N. The summed E-state index contributed by atoms with van der Waals surface area (Å²) in [6.45, 7) is 8.42. The van der Waals surface area contributed by atoms with Gasteiger partial charge in [-0.15, -0.1) is 0 Å². The van der Waals surface area contributed by atoms with Crippen molar-refractivity contribution in [2.45, 2.75) is 13.8 Å². The molecule has 2 N–H and O–H groups in total. The molecular formula is C6H16NP. The molecule has 0 aromatic carbocycles. The third-order valence-corrected chi connectivity index (χ3v) is 1.98. The first kappa shape index (κ1) is 8.13. The molecule has 0 aromatic rings. The van der Waals surface area contributed by atoms with Gasteiger partial charge in [0.25, 0.3) is 0 Å². The zero-order valence-electron chi connectivity index (χ0n) is 6.15. The van der Waals surface area contributed by atoms with Crippen LogP contribution >= 0.6 is 7.41 Å². The molecule has 50 valence electrons. The van der Waals surface area contributed by atoms with Crippen LogP contribution in [0.5, 0.6) is 0 Å². The molecule has 2 heteroatoms. The molecule has 8 heavy (non-hydrogen) atoms. The van der Waals surface area contributed by atoms with Crippen LogP contribution in [0.4, 0.5) is 0 Å². The predicted octanol–water partition coefficient (Wildman–Crippen LogP) is 1.79. The standard InChI is InChI=1S/C6H16NP/c1-6(2)5-8(3,4)7/h5,8H,7H2,1-4H3. The second kappa shape index (κ2) is 2.61. The van der Waals surface area contributed by atoms with Gasteiger partial charge in [0.15, 0.2) is 0 Å². The first-order chi connectivity index (χ1) is 3.42. The Labute approximate surface area is 52.4 Å². The van der Waals surface area contributed by atoms with Gasteiger partial charge in [-0.05, 0) is 0 Å². The summed E-state index contributed by atoms with van der Waals surface area (Å²) in [5.74, 6) is 2.19. The van der Waals surface area contributed by atoms with Gasteiger partial charge in [-0.3, -0.25) is 0 Å². The molecule has 0 fully saturated rings. The van der Waals surface area contributed by atoms with Crippen molar-refractivity contribution in [2.75, 3.05) is 13.3 Å².